The molecule has 4 aromatic rings. The van der Waals surface area contributed by atoms with Crippen LogP contribution in [0.1, 0.15) is 55.7 Å². The Morgan fingerprint density at radius 3 is 1.87 bits per heavy atom. The standard InChI is InChI=1S/C35H37FN2O8/c1-22-21-37(32(40)38(30(22)39)33(41)46-34(2,3)4)29-20-28(36)31(44-29)45-35(23-10-8-7-9-11-23,24-12-16-26(42-5)17-13-24)25-14-18-27(43-6)19-15-25/h7-19,21,28-29,31H,20H2,1-6H3/i36-1. The Morgan fingerprint density at radius 1 is 0.848 bits per heavy atom. The molecule has 0 aliphatic carbocycles. The van der Waals surface area contributed by atoms with Crippen LogP contribution in [0, 0.1) is 6.92 Å². The van der Waals surface area contributed by atoms with Gasteiger partial charge in [0, 0.05) is 18.2 Å². The number of alkyl halides is 1. The van der Waals surface area contributed by atoms with Gasteiger partial charge < -0.3 is 23.7 Å². The molecule has 242 valence electrons. The van der Waals surface area contributed by atoms with Gasteiger partial charge in [0.2, 0.25) is 0 Å². The van der Waals surface area contributed by atoms with Crippen LogP contribution in [0.4, 0.5) is 9.18 Å². The number of benzene rings is 3. The molecule has 0 radical (unpaired) electrons. The maximum absolute atomic E-state index is 16.1. The Morgan fingerprint density at radius 2 is 1.37 bits per heavy atom. The van der Waals surface area contributed by atoms with Gasteiger partial charge in [-0.3, -0.25) is 9.36 Å². The molecule has 0 saturated carbocycles. The molecule has 1 saturated heterocycles. The lowest BCUT2D eigenvalue weighted by atomic mass is 9.80. The summed E-state index contributed by atoms with van der Waals surface area (Å²) in [4.78, 5) is 39.2. The fourth-order valence-electron chi connectivity index (χ4n) is 5.46. The van der Waals surface area contributed by atoms with E-state index in [-0.39, 0.29) is 12.0 Å². The highest BCUT2D eigenvalue weighted by atomic mass is 18.2. The smallest absolute Gasteiger partial charge is 0.425 e. The van der Waals surface area contributed by atoms with Crippen molar-refractivity contribution in [2.45, 2.75) is 64.0 Å². The Balaban J connectivity index is 1.60. The van der Waals surface area contributed by atoms with Gasteiger partial charge in [-0.15, -0.1) is 0 Å². The maximum Gasteiger partial charge on any atom is 0.425 e. The monoisotopic (exact) mass is 631 g/mol. The van der Waals surface area contributed by atoms with E-state index in [1.807, 2.05) is 54.6 Å². The second-order valence-corrected chi connectivity index (χ2v) is 12.0. The van der Waals surface area contributed by atoms with Gasteiger partial charge in [-0.25, -0.2) is 14.0 Å². The number of carbonyl (C=O) groups excluding carboxylic acids is 1. The third-order valence-corrected chi connectivity index (χ3v) is 7.65. The number of aromatic nitrogens is 2. The van der Waals surface area contributed by atoms with E-state index in [4.69, 9.17) is 23.7 Å². The highest BCUT2D eigenvalue weighted by molar-refractivity contribution is 5.70. The van der Waals surface area contributed by atoms with Crippen LogP contribution in [-0.4, -0.2) is 47.5 Å². The minimum Gasteiger partial charge on any atom is -0.497 e. The number of rotatable bonds is 8. The average molecular weight is 632 g/mol. The first kappa shape index (κ1) is 32.6. The normalized spacial score (nSPS) is 18.3. The molecule has 1 aromatic heterocycles. The lowest BCUT2D eigenvalue weighted by Gasteiger charge is -2.38. The van der Waals surface area contributed by atoms with Crippen LogP contribution >= 0.6 is 0 Å². The van der Waals surface area contributed by atoms with Gasteiger partial charge >= 0.3 is 11.8 Å². The topological polar surface area (TPSA) is 107 Å². The molecule has 11 heteroatoms. The molecular weight excluding hydrogens is 594 g/mol. The number of carbonyl (C=O) groups is 1. The molecule has 3 unspecified atom stereocenters. The summed E-state index contributed by atoms with van der Waals surface area (Å²) < 4.78 is 46.4. The zero-order valence-corrected chi connectivity index (χ0v) is 26.6. The second-order valence-electron chi connectivity index (χ2n) is 12.0. The Kier molecular flexibility index (Phi) is 9.18. The van der Waals surface area contributed by atoms with Crippen molar-refractivity contribution in [3.63, 3.8) is 0 Å². The molecule has 2 heterocycles. The van der Waals surface area contributed by atoms with Crippen molar-refractivity contribution in [2.24, 2.45) is 0 Å². The van der Waals surface area contributed by atoms with E-state index in [9.17, 15) is 14.4 Å². The number of methoxy groups -OCH3 is 2. The molecular formula is C35H37FN2O8. The largest absolute Gasteiger partial charge is 0.497 e. The predicted octanol–water partition coefficient (Wildman–Crippen LogP) is 5.71. The van der Waals surface area contributed by atoms with E-state index >= 15 is 4.39 Å². The fraction of sp³-hybridized carbons (Fsp3) is 0.343. The predicted molar refractivity (Wildman–Crippen MR) is 168 cm³/mol. The highest BCUT2D eigenvalue weighted by Gasteiger charge is 2.47. The minimum atomic E-state index is -1.70. The van der Waals surface area contributed by atoms with Gasteiger partial charge in [0.1, 0.15) is 28.9 Å². The van der Waals surface area contributed by atoms with Gasteiger partial charge in [0.15, 0.2) is 12.5 Å². The van der Waals surface area contributed by atoms with Gasteiger partial charge in [-0.05, 0) is 68.7 Å². The molecule has 46 heavy (non-hydrogen) atoms. The summed E-state index contributed by atoms with van der Waals surface area (Å²) in [6.07, 6.45) is -4.53. The Labute approximate surface area is 265 Å². The van der Waals surface area contributed by atoms with Crippen LogP contribution in [0.15, 0.2) is 94.6 Å². The van der Waals surface area contributed by atoms with Gasteiger partial charge in [0.25, 0.3) is 5.56 Å². The van der Waals surface area contributed by atoms with E-state index in [1.54, 1.807) is 59.3 Å². The van der Waals surface area contributed by atoms with Crippen LogP contribution < -0.4 is 20.7 Å². The van der Waals surface area contributed by atoms with E-state index in [0.29, 0.717) is 32.8 Å². The molecule has 1 aliphatic rings. The fourth-order valence-corrected chi connectivity index (χ4v) is 5.46. The molecule has 3 atom stereocenters. The van der Waals surface area contributed by atoms with Crippen LogP contribution in [0.25, 0.3) is 0 Å². The summed E-state index contributed by atoms with van der Waals surface area (Å²) >= 11 is 0. The first-order valence-electron chi connectivity index (χ1n) is 14.8. The summed E-state index contributed by atoms with van der Waals surface area (Å²) in [5.74, 6) is 1.24. The van der Waals surface area contributed by atoms with Crippen molar-refractivity contribution in [3.8, 4) is 11.5 Å². The molecule has 0 spiro atoms. The van der Waals surface area contributed by atoms with Crippen LogP contribution in [0.5, 0.6) is 11.5 Å². The third kappa shape index (κ3) is 6.33. The van der Waals surface area contributed by atoms with Gasteiger partial charge in [-0.1, -0.05) is 54.6 Å². The molecule has 10 nitrogen and oxygen atoms in total. The van der Waals surface area contributed by atoms with E-state index in [0.717, 1.165) is 4.57 Å². The summed E-state index contributed by atoms with van der Waals surface area (Å²) in [6, 6.07) is 23.8. The third-order valence-electron chi connectivity index (χ3n) is 7.65. The van der Waals surface area contributed by atoms with Crippen LogP contribution in [0.3, 0.4) is 0 Å². The van der Waals surface area contributed by atoms with Crippen molar-refractivity contribution >= 4 is 6.09 Å². The van der Waals surface area contributed by atoms with Crippen molar-refractivity contribution in [1.82, 2.24) is 9.13 Å². The summed E-state index contributed by atoms with van der Waals surface area (Å²) in [6.45, 7) is 6.29. The molecule has 0 N–H and O–H groups in total. The Hall–Kier alpha value is -4.74. The number of ether oxygens (including phenoxy) is 5. The number of nitrogens with zero attached hydrogens (tertiary/aromatic N) is 2. The quantitative estimate of drug-likeness (QED) is 0.228. The minimum absolute atomic E-state index is 0.0731. The van der Waals surface area contributed by atoms with Crippen molar-refractivity contribution in [2.75, 3.05) is 14.2 Å². The van der Waals surface area contributed by atoms with E-state index in [1.165, 1.54) is 13.1 Å². The number of aryl methyl sites for hydroxylation is 1. The maximum atomic E-state index is 16.1. The second kappa shape index (κ2) is 12.9. The molecule has 1 aliphatic heterocycles. The van der Waals surface area contributed by atoms with Gasteiger partial charge in [-0.2, -0.15) is 4.57 Å². The first-order valence-corrected chi connectivity index (χ1v) is 14.8. The molecule has 0 bridgehead atoms. The first-order chi connectivity index (χ1) is 21.9. The number of hydrogen-bond acceptors (Lipinski definition) is 8. The van der Waals surface area contributed by atoms with E-state index < -0.39 is 47.2 Å². The zero-order valence-electron chi connectivity index (χ0n) is 26.6. The summed E-state index contributed by atoms with van der Waals surface area (Å²) in [5.41, 5.74) is -2.11. The van der Waals surface area contributed by atoms with E-state index in [2.05, 4.69) is 0 Å². The lowest BCUT2D eigenvalue weighted by Crippen LogP contribution is -2.47. The number of halogens is 1. The average Bonchev–Trinajstić information content (AvgIpc) is 3.40. The highest BCUT2D eigenvalue weighted by Crippen LogP contribution is 2.45. The van der Waals surface area contributed by atoms with Crippen LogP contribution in [-0.2, 0) is 19.8 Å². The van der Waals surface area contributed by atoms with Crippen LogP contribution in [0.2, 0.25) is 0 Å². The Bertz CT molecular complexity index is 1750. The van der Waals surface area contributed by atoms with Crippen molar-refractivity contribution in [1.29, 1.82) is 0 Å². The summed E-state index contributed by atoms with van der Waals surface area (Å²) in [5, 5.41) is 0. The lowest BCUT2D eigenvalue weighted by molar-refractivity contribution is -0.208. The molecule has 5 rings (SSSR count). The van der Waals surface area contributed by atoms with Gasteiger partial charge in [0.05, 0.1) is 14.2 Å². The summed E-state index contributed by atoms with van der Waals surface area (Å²) in [7, 11) is 3.13. The number of hydrogen-bond donors (Lipinski definition) is 0. The molecule has 1 fully saturated rings. The molecule has 0 amide bonds. The van der Waals surface area contributed by atoms with Crippen molar-refractivity contribution in [3.05, 3.63) is 128 Å². The zero-order chi connectivity index (χ0) is 33.2. The van der Waals surface area contributed by atoms with Crippen molar-refractivity contribution < 1.29 is 32.9 Å². The SMILES string of the molecule is COc1ccc(C(OC2OC(n3cc(C)c(=O)n(C(=O)OC(C)(C)C)c3=O)CC2[18F])(c2ccccc2)c2ccc(OC)cc2)cc1. The molecule has 3 aromatic carbocycles.